The average molecular weight is 695 g/mol. The second-order valence-electron chi connectivity index (χ2n) is 13.1. The highest BCUT2D eigenvalue weighted by Gasteiger charge is 2.30. The van der Waals surface area contributed by atoms with Crippen LogP contribution in [0.15, 0.2) is 66.7 Å². The molecule has 2 heterocycles. The van der Waals surface area contributed by atoms with Gasteiger partial charge in [-0.2, -0.15) is 5.21 Å². The van der Waals surface area contributed by atoms with Crippen molar-refractivity contribution >= 4 is 29.5 Å². The van der Waals surface area contributed by atoms with Crippen molar-refractivity contribution in [2.75, 3.05) is 38.2 Å². The zero-order chi connectivity index (χ0) is 35.7. The normalized spacial score (nSPS) is 18.0. The molecule has 2 aliphatic rings. The van der Waals surface area contributed by atoms with Gasteiger partial charge in [-0.15, -0.1) is 10.2 Å². The summed E-state index contributed by atoms with van der Waals surface area (Å²) in [5.41, 5.74) is 5.68. The lowest BCUT2D eigenvalue weighted by molar-refractivity contribution is -0.130. The van der Waals surface area contributed by atoms with E-state index < -0.39 is 12.1 Å². The highest BCUT2D eigenvalue weighted by atomic mass is 16.5. The van der Waals surface area contributed by atoms with E-state index in [4.69, 9.17) is 9.84 Å². The fourth-order valence-electron chi connectivity index (χ4n) is 6.65. The van der Waals surface area contributed by atoms with Gasteiger partial charge in [0.05, 0.1) is 13.2 Å². The van der Waals surface area contributed by atoms with Crippen LogP contribution in [0.1, 0.15) is 47.2 Å². The molecule has 1 aliphatic carbocycles. The summed E-state index contributed by atoms with van der Waals surface area (Å²) in [5.74, 6) is -0.227. The standard InChI is InChI=1S/C37H42N8O6/c1-23-2-7-29(36(48)45-16-18-51-19-17-45)21-31(23)26-8-3-24(4-9-26)20-32(40-34(46)28-10-5-25(6-11-28)22-38-37(49)50)35(47)39-30-14-12-27(13-15-30)33-41-43-44-42-33/h2-4,7-9,12-15,21,25,28,32,38H,5-6,10-11,16-20,22H2,1H3,(H,39,47)(H,40,46)(H,49,50)(H,41,42,43,44)/t25?,28?,32-/m0/s1. The lowest BCUT2D eigenvalue weighted by Gasteiger charge is -2.29. The van der Waals surface area contributed by atoms with Crippen molar-refractivity contribution < 1.29 is 29.0 Å². The minimum absolute atomic E-state index is 0.0179. The van der Waals surface area contributed by atoms with Crippen LogP contribution in [-0.2, 0) is 20.7 Å². The summed E-state index contributed by atoms with van der Waals surface area (Å²) in [6.07, 6.45) is 1.88. The van der Waals surface area contributed by atoms with E-state index in [-0.39, 0.29) is 36.0 Å². The number of hydrogen-bond acceptors (Lipinski definition) is 8. The van der Waals surface area contributed by atoms with Gasteiger partial charge >= 0.3 is 6.09 Å². The molecule has 6 rings (SSSR count). The molecule has 1 atom stereocenters. The van der Waals surface area contributed by atoms with Gasteiger partial charge < -0.3 is 30.7 Å². The van der Waals surface area contributed by atoms with E-state index in [0.717, 1.165) is 40.7 Å². The highest BCUT2D eigenvalue weighted by Crippen LogP contribution is 2.29. The molecule has 4 aromatic rings. The number of aryl methyl sites for hydroxylation is 1. The Morgan fingerprint density at radius 1 is 0.941 bits per heavy atom. The first-order chi connectivity index (χ1) is 24.7. The Morgan fingerprint density at radius 2 is 1.65 bits per heavy atom. The molecule has 14 nitrogen and oxygen atoms in total. The van der Waals surface area contributed by atoms with E-state index in [1.54, 1.807) is 24.3 Å². The minimum Gasteiger partial charge on any atom is -0.465 e. The van der Waals surface area contributed by atoms with Crippen LogP contribution < -0.4 is 16.0 Å². The summed E-state index contributed by atoms with van der Waals surface area (Å²) in [6, 6.07) is 19.7. The third-order valence-electron chi connectivity index (χ3n) is 9.64. The van der Waals surface area contributed by atoms with Gasteiger partial charge in [0.25, 0.3) is 5.91 Å². The Labute approximate surface area is 295 Å². The number of aromatic nitrogens is 4. The Bertz CT molecular complexity index is 1820. The Kier molecular flexibility index (Phi) is 11.3. The van der Waals surface area contributed by atoms with Crippen molar-refractivity contribution in [1.29, 1.82) is 0 Å². The van der Waals surface area contributed by atoms with Crippen LogP contribution in [-0.4, -0.2) is 93.3 Å². The number of rotatable bonds is 11. The molecule has 1 aromatic heterocycles. The second-order valence-corrected chi connectivity index (χ2v) is 13.1. The van der Waals surface area contributed by atoms with Gasteiger partial charge in [-0.05, 0) is 102 Å². The highest BCUT2D eigenvalue weighted by molar-refractivity contribution is 5.98. The van der Waals surface area contributed by atoms with Crippen LogP contribution in [0.4, 0.5) is 10.5 Å². The lowest BCUT2D eigenvalue weighted by Crippen LogP contribution is -2.48. The summed E-state index contributed by atoms with van der Waals surface area (Å²) < 4.78 is 5.40. The van der Waals surface area contributed by atoms with Gasteiger partial charge in [0.1, 0.15) is 6.04 Å². The van der Waals surface area contributed by atoms with Crippen LogP contribution >= 0.6 is 0 Å². The number of H-pyrrole nitrogens is 1. The van der Waals surface area contributed by atoms with Crippen LogP contribution in [0.5, 0.6) is 0 Å². The molecule has 1 aliphatic heterocycles. The van der Waals surface area contributed by atoms with Gasteiger partial charge in [-0.1, -0.05) is 30.3 Å². The number of tetrazole rings is 1. The third-order valence-corrected chi connectivity index (χ3v) is 9.64. The monoisotopic (exact) mass is 694 g/mol. The molecular formula is C37H42N8O6. The number of nitrogens with one attached hydrogen (secondary N) is 4. The number of nitrogens with zero attached hydrogens (tertiary/aromatic N) is 4. The van der Waals surface area contributed by atoms with Crippen molar-refractivity contribution in [3.05, 3.63) is 83.4 Å². The van der Waals surface area contributed by atoms with Crippen molar-refractivity contribution in [3.8, 4) is 22.5 Å². The van der Waals surface area contributed by atoms with Crippen LogP contribution in [0.25, 0.3) is 22.5 Å². The molecular weight excluding hydrogens is 652 g/mol. The maximum atomic E-state index is 13.7. The molecule has 0 radical (unpaired) electrons. The molecule has 1 saturated heterocycles. The molecule has 1 saturated carbocycles. The summed E-state index contributed by atoms with van der Waals surface area (Å²) in [6.45, 7) is 4.58. The molecule has 0 spiro atoms. The summed E-state index contributed by atoms with van der Waals surface area (Å²) in [5, 5.41) is 31.3. The number of aromatic amines is 1. The number of amides is 4. The first-order valence-electron chi connectivity index (χ1n) is 17.2. The topological polar surface area (TPSA) is 192 Å². The largest absolute Gasteiger partial charge is 0.465 e. The zero-order valence-electron chi connectivity index (χ0n) is 28.4. The van der Waals surface area contributed by atoms with E-state index in [1.807, 2.05) is 54.3 Å². The third kappa shape index (κ3) is 9.14. The molecule has 4 amide bonds. The number of carbonyl (C=O) groups excluding carboxylic acids is 3. The smallest absolute Gasteiger partial charge is 0.404 e. The zero-order valence-corrected chi connectivity index (χ0v) is 28.4. The van der Waals surface area contributed by atoms with Crippen molar-refractivity contribution in [1.82, 2.24) is 36.2 Å². The summed E-state index contributed by atoms with van der Waals surface area (Å²) in [4.78, 5) is 53.2. The predicted molar refractivity (Wildman–Crippen MR) is 189 cm³/mol. The number of carbonyl (C=O) groups is 4. The van der Waals surface area contributed by atoms with E-state index in [2.05, 4.69) is 36.6 Å². The van der Waals surface area contributed by atoms with Crippen molar-refractivity contribution in [2.24, 2.45) is 11.8 Å². The van der Waals surface area contributed by atoms with Crippen LogP contribution in [0.3, 0.4) is 0 Å². The van der Waals surface area contributed by atoms with E-state index in [1.165, 1.54) is 0 Å². The van der Waals surface area contributed by atoms with Gasteiger partial charge in [0, 0.05) is 48.8 Å². The van der Waals surface area contributed by atoms with Crippen molar-refractivity contribution in [3.63, 3.8) is 0 Å². The molecule has 0 bridgehead atoms. The van der Waals surface area contributed by atoms with Gasteiger partial charge in [-0.3, -0.25) is 14.4 Å². The fraction of sp³-hybridized carbons (Fsp3) is 0.378. The van der Waals surface area contributed by atoms with E-state index >= 15 is 0 Å². The second kappa shape index (κ2) is 16.4. The van der Waals surface area contributed by atoms with Gasteiger partial charge in [-0.25, -0.2) is 4.79 Å². The number of morpholine rings is 1. The number of hydrogen-bond donors (Lipinski definition) is 5. The number of benzene rings is 3. The first-order valence-corrected chi connectivity index (χ1v) is 17.2. The minimum atomic E-state index is -1.05. The predicted octanol–water partition coefficient (Wildman–Crippen LogP) is 4.05. The van der Waals surface area contributed by atoms with E-state index in [9.17, 15) is 19.2 Å². The maximum Gasteiger partial charge on any atom is 0.404 e. The Hall–Kier alpha value is -5.63. The van der Waals surface area contributed by atoms with Crippen molar-refractivity contribution in [2.45, 2.75) is 45.1 Å². The first kappa shape index (κ1) is 35.2. The van der Waals surface area contributed by atoms with Gasteiger partial charge in [0.15, 0.2) is 0 Å². The Morgan fingerprint density at radius 3 is 2.31 bits per heavy atom. The average Bonchev–Trinajstić information content (AvgIpc) is 3.70. The molecule has 266 valence electrons. The number of carboxylic acid groups (broad SMARTS) is 1. The van der Waals surface area contributed by atoms with Crippen LogP contribution in [0, 0.1) is 18.8 Å². The van der Waals surface area contributed by atoms with E-state index in [0.29, 0.717) is 62.8 Å². The summed E-state index contributed by atoms with van der Waals surface area (Å²) >= 11 is 0. The van der Waals surface area contributed by atoms with Crippen LogP contribution in [0.2, 0.25) is 0 Å². The quantitative estimate of drug-likeness (QED) is 0.154. The molecule has 5 N–H and O–H groups in total. The molecule has 2 fully saturated rings. The lowest BCUT2D eigenvalue weighted by atomic mass is 9.81. The van der Waals surface area contributed by atoms with Gasteiger partial charge in [0.2, 0.25) is 17.6 Å². The Balaban J connectivity index is 1.16. The SMILES string of the molecule is Cc1ccc(C(=O)N2CCOCC2)cc1-c1ccc(C[C@H](NC(=O)C2CCC(CNC(=O)O)CC2)C(=O)Nc2ccc(-c3nn[nH]n3)cc2)cc1. The molecule has 51 heavy (non-hydrogen) atoms. The number of anilines is 1. The maximum absolute atomic E-state index is 13.7. The number of ether oxygens (including phenoxy) is 1. The summed E-state index contributed by atoms with van der Waals surface area (Å²) in [7, 11) is 0. The fourth-order valence-corrected chi connectivity index (χ4v) is 6.65. The molecule has 14 heteroatoms. The molecule has 0 unspecified atom stereocenters. The molecule has 3 aromatic carbocycles.